The number of nitrogens with zero attached hydrogens (tertiary/aromatic N) is 1. The normalized spacial score (nSPS) is 12.9. The van der Waals surface area contributed by atoms with E-state index in [0.717, 1.165) is 0 Å². The number of carbonyl (C=O) groups excluding carboxylic acids is 1. The van der Waals surface area contributed by atoms with Crippen LogP contribution in [0.25, 0.3) is 0 Å². The smallest absolute Gasteiger partial charge is 0.389 e. The first-order valence-corrected chi connectivity index (χ1v) is 5.92. The highest BCUT2D eigenvalue weighted by Crippen LogP contribution is 2.21. The number of nitrogens with one attached hydrogen (secondary N) is 1. The van der Waals surface area contributed by atoms with Crippen LogP contribution in [-0.4, -0.2) is 48.3 Å². The minimum atomic E-state index is -4.17. The number of hydrogen-bond acceptors (Lipinski definition) is 2. The summed E-state index contributed by atoms with van der Waals surface area (Å²) < 4.78 is 35.5. The van der Waals surface area contributed by atoms with Crippen LogP contribution in [-0.2, 0) is 4.79 Å². The Kier molecular flexibility index (Phi) is 7.25. The Hall–Kier alpha value is -1.47. The van der Waals surface area contributed by atoms with Gasteiger partial charge < -0.3 is 15.3 Å². The highest BCUT2D eigenvalue weighted by atomic mass is 19.4. The molecule has 0 radical (unpaired) electrons. The molecule has 2 N–H and O–H groups in total. The molecule has 0 saturated heterocycles. The molecule has 1 atom stereocenters. The molecule has 8 heteroatoms. The lowest BCUT2D eigenvalue weighted by Crippen LogP contribution is -2.41. The highest BCUT2D eigenvalue weighted by molar-refractivity contribution is 5.75. The Bertz CT molecular complexity index is 308. The van der Waals surface area contributed by atoms with Crippen molar-refractivity contribution in [2.45, 2.75) is 32.4 Å². The predicted molar refractivity (Wildman–Crippen MR) is 62.7 cm³/mol. The monoisotopic (exact) mass is 284 g/mol. The van der Waals surface area contributed by atoms with E-state index in [0.29, 0.717) is 0 Å². The van der Waals surface area contributed by atoms with Crippen molar-refractivity contribution in [1.82, 2.24) is 10.2 Å². The Morgan fingerprint density at radius 3 is 2.37 bits per heavy atom. The summed E-state index contributed by atoms with van der Waals surface area (Å²) in [6, 6.07) is -0.486. The maximum Gasteiger partial charge on any atom is 0.389 e. The van der Waals surface area contributed by atoms with Crippen molar-refractivity contribution in [3.05, 3.63) is 0 Å². The van der Waals surface area contributed by atoms with E-state index < -0.39 is 30.5 Å². The average molecular weight is 284 g/mol. The number of urea groups is 1. The molecule has 0 aliphatic carbocycles. The van der Waals surface area contributed by atoms with Crippen molar-refractivity contribution in [3.8, 4) is 0 Å². The van der Waals surface area contributed by atoms with Crippen molar-refractivity contribution in [3.63, 3.8) is 0 Å². The third-order valence-corrected chi connectivity index (χ3v) is 2.48. The molecule has 0 heterocycles. The second-order valence-corrected chi connectivity index (χ2v) is 4.42. The molecular weight excluding hydrogens is 265 g/mol. The number of hydrogen-bond donors (Lipinski definition) is 2. The molecule has 0 aliphatic heterocycles. The zero-order valence-electron chi connectivity index (χ0n) is 11.0. The van der Waals surface area contributed by atoms with Crippen molar-refractivity contribution < 1.29 is 27.9 Å². The van der Waals surface area contributed by atoms with Gasteiger partial charge in [0, 0.05) is 26.6 Å². The number of rotatable bonds is 7. The van der Waals surface area contributed by atoms with E-state index in [1.165, 1.54) is 18.9 Å². The van der Waals surface area contributed by atoms with Gasteiger partial charge in [-0.05, 0) is 12.8 Å². The van der Waals surface area contributed by atoms with Crippen LogP contribution in [0.4, 0.5) is 18.0 Å². The zero-order chi connectivity index (χ0) is 15.1. The van der Waals surface area contributed by atoms with Crippen LogP contribution in [0, 0.1) is 5.92 Å². The first-order chi connectivity index (χ1) is 8.63. The first kappa shape index (κ1) is 17.5. The van der Waals surface area contributed by atoms with E-state index in [1.54, 1.807) is 0 Å². The van der Waals surface area contributed by atoms with E-state index in [9.17, 15) is 22.8 Å². The SMILES string of the molecule is CC(CN(C)C(=O)NCCCCC(F)(F)F)C(=O)O. The van der Waals surface area contributed by atoms with Gasteiger partial charge in [-0.25, -0.2) is 4.79 Å². The van der Waals surface area contributed by atoms with E-state index in [1.807, 2.05) is 0 Å². The molecule has 0 bridgehead atoms. The molecule has 0 aromatic carbocycles. The van der Waals surface area contributed by atoms with Crippen molar-refractivity contribution >= 4 is 12.0 Å². The fourth-order valence-electron chi connectivity index (χ4n) is 1.35. The summed E-state index contributed by atoms with van der Waals surface area (Å²) >= 11 is 0. The molecule has 2 amide bonds. The molecule has 1 unspecified atom stereocenters. The van der Waals surface area contributed by atoms with Gasteiger partial charge >= 0.3 is 18.2 Å². The summed E-state index contributed by atoms with van der Waals surface area (Å²) in [6.07, 6.45) is -4.85. The summed E-state index contributed by atoms with van der Waals surface area (Å²) in [7, 11) is 1.44. The maximum atomic E-state index is 11.8. The van der Waals surface area contributed by atoms with Crippen LogP contribution in [0.15, 0.2) is 0 Å². The second-order valence-electron chi connectivity index (χ2n) is 4.42. The fraction of sp³-hybridized carbons (Fsp3) is 0.818. The number of unbranched alkanes of at least 4 members (excludes halogenated alkanes) is 1. The minimum Gasteiger partial charge on any atom is -0.481 e. The third kappa shape index (κ3) is 9.15. The number of halogens is 3. The molecule has 0 aromatic rings. The number of aliphatic carboxylic acids is 1. The zero-order valence-corrected chi connectivity index (χ0v) is 11.0. The molecule has 0 rings (SSSR count). The summed E-state index contributed by atoms with van der Waals surface area (Å²) in [5, 5.41) is 11.1. The van der Waals surface area contributed by atoms with Crippen LogP contribution >= 0.6 is 0 Å². The summed E-state index contributed by atoms with van der Waals surface area (Å²) in [5.74, 6) is -1.70. The standard InChI is InChI=1S/C11H19F3N2O3/c1-8(9(17)18)7-16(2)10(19)15-6-4-3-5-11(12,13)14/h8H,3-7H2,1-2H3,(H,15,19)(H,17,18). The van der Waals surface area contributed by atoms with E-state index >= 15 is 0 Å². The predicted octanol–water partition coefficient (Wildman–Crippen LogP) is 2.08. The quantitative estimate of drug-likeness (QED) is 0.703. The lowest BCUT2D eigenvalue weighted by atomic mass is 10.2. The molecular formula is C11H19F3N2O3. The van der Waals surface area contributed by atoms with Crippen LogP contribution in [0.3, 0.4) is 0 Å². The second kappa shape index (κ2) is 7.85. The number of carboxylic acid groups (broad SMARTS) is 1. The fourth-order valence-corrected chi connectivity index (χ4v) is 1.35. The Morgan fingerprint density at radius 2 is 1.89 bits per heavy atom. The third-order valence-electron chi connectivity index (χ3n) is 2.48. The van der Waals surface area contributed by atoms with Gasteiger partial charge in [0.1, 0.15) is 0 Å². The van der Waals surface area contributed by atoms with Crippen molar-refractivity contribution in [2.75, 3.05) is 20.1 Å². The van der Waals surface area contributed by atoms with Crippen molar-refractivity contribution in [1.29, 1.82) is 0 Å². The van der Waals surface area contributed by atoms with Gasteiger partial charge in [-0.3, -0.25) is 4.79 Å². The lowest BCUT2D eigenvalue weighted by Gasteiger charge is -2.20. The average Bonchev–Trinajstić information content (AvgIpc) is 2.26. The molecule has 0 fully saturated rings. The number of alkyl halides is 3. The van der Waals surface area contributed by atoms with Gasteiger partial charge in [-0.2, -0.15) is 13.2 Å². The van der Waals surface area contributed by atoms with Crippen molar-refractivity contribution in [2.24, 2.45) is 5.92 Å². The molecule has 0 saturated carbocycles. The Balaban J connectivity index is 3.77. The van der Waals surface area contributed by atoms with Crippen LogP contribution in [0.1, 0.15) is 26.2 Å². The van der Waals surface area contributed by atoms with Gasteiger partial charge in [0.05, 0.1) is 5.92 Å². The maximum absolute atomic E-state index is 11.8. The van der Waals surface area contributed by atoms with Gasteiger partial charge in [0.25, 0.3) is 0 Å². The summed E-state index contributed by atoms with van der Waals surface area (Å²) in [5.41, 5.74) is 0. The van der Waals surface area contributed by atoms with Gasteiger partial charge in [-0.15, -0.1) is 0 Å². The molecule has 0 aromatic heterocycles. The summed E-state index contributed by atoms with van der Waals surface area (Å²) in [6.45, 7) is 1.65. The molecule has 112 valence electrons. The summed E-state index contributed by atoms with van der Waals surface area (Å²) in [4.78, 5) is 23.2. The largest absolute Gasteiger partial charge is 0.481 e. The number of carboxylic acids is 1. The highest BCUT2D eigenvalue weighted by Gasteiger charge is 2.25. The van der Waals surface area contributed by atoms with Crippen LogP contribution < -0.4 is 5.32 Å². The molecule has 5 nitrogen and oxygen atoms in total. The Morgan fingerprint density at radius 1 is 1.32 bits per heavy atom. The minimum absolute atomic E-state index is 0.0426. The molecule has 0 aliphatic rings. The van der Waals surface area contributed by atoms with Crippen LogP contribution in [0.5, 0.6) is 0 Å². The van der Waals surface area contributed by atoms with E-state index in [-0.39, 0.29) is 25.9 Å². The van der Waals surface area contributed by atoms with Gasteiger partial charge in [0.2, 0.25) is 0 Å². The van der Waals surface area contributed by atoms with Gasteiger partial charge in [0.15, 0.2) is 0 Å². The number of carbonyl (C=O) groups is 2. The van der Waals surface area contributed by atoms with E-state index in [2.05, 4.69) is 5.32 Å². The van der Waals surface area contributed by atoms with Crippen LogP contribution in [0.2, 0.25) is 0 Å². The Labute approximate surface area is 109 Å². The lowest BCUT2D eigenvalue weighted by molar-refractivity contribution is -0.141. The first-order valence-electron chi connectivity index (χ1n) is 5.92. The molecule has 0 spiro atoms. The van der Waals surface area contributed by atoms with Gasteiger partial charge in [-0.1, -0.05) is 6.92 Å². The topological polar surface area (TPSA) is 69.6 Å². The number of amides is 2. The van der Waals surface area contributed by atoms with E-state index in [4.69, 9.17) is 5.11 Å². The molecule has 19 heavy (non-hydrogen) atoms.